The maximum Gasteiger partial charge on any atom is 0.0629 e. The molecule has 1 unspecified atom stereocenters. The molecule has 0 radical (unpaired) electrons. The largest absolute Gasteiger partial charge is 0.383 e. The van der Waals surface area contributed by atoms with Gasteiger partial charge >= 0.3 is 0 Å². The zero-order valence-electron chi connectivity index (χ0n) is 6.27. The summed E-state index contributed by atoms with van der Waals surface area (Å²) in [7, 11) is 1.66. The van der Waals surface area contributed by atoms with Crippen LogP contribution in [0.25, 0.3) is 0 Å². The second kappa shape index (κ2) is 7.28. The molecule has 0 bridgehead atoms. The summed E-state index contributed by atoms with van der Waals surface area (Å²) in [6.07, 6.45) is 1.94. The van der Waals surface area contributed by atoms with E-state index < -0.39 is 0 Å². The van der Waals surface area contributed by atoms with Crippen molar-refractivity contribution in [3.05, 3.63) is 0 Å². The van der Waals surface area contributed by atoms with Crippen LogP contribution in [0, 0.1) is 0 Å². The van der Waals surface area contributed by atoms with Gasteiger partial charge in [-0.2, -0.15) is 0 Å². The molecule has 0 aliphatic carbocycles. The summed E-state index contributed by atoms with van der Waals surface area (Å²) in [6, 6.07) is 0.240. The number of halogens is 1. The molecule has 0 amide bonds. The van der Waals surface area contributed by atoms with Gasteiger partial charge in [0.05, 0.1) is 6.61 Å². The minimum Gasteiger partial charge on any atom is -0.383 e. The van der Waals surface area contributed by atoms with E-state index in [4.69, 9.17) is 22.2 Å². The minimum atomic E-state index is 0.240. The van der Waals surface area contributed by atoms with Gasteiger partial charge in [0.25, 0.3) is 0 Å². The molecular weight excluding hydrogens is 152 g/mol. The smallest absolute Gasteiger partial charge is 0.0629 e. The Morgan fingerprint density at radius 1 is 1.70 bits per heavy atom. The zero-order chi connectivity index (χ0) is 7.82. The number of hydrogen-bond acceptors (Lipinski definition) is 3. The quantitative estimate of drug-likeness (QED) is 0.343. The first kappa shape index (κ1) is 10.2. The summed E-state index contributed by atoms with van der Waals surface area (Å²) < 4.78 is 4.91. The van der Waals surface area contributed by atoms with E-state index in [0.29, 0.717) is 12.5 Å². The van der Waals surface area contributed by atoms with Crippen molar-refractivity contribution in [2.75, 3.05) is 19.6 Å². The molecule has 0 aromatic rings. The first-order chi connectivity index (χ1) is 4.85. The SMILES string of the molecule is COCC(CCCCl)NN. The maximum atomic E-state index is 5.49. The van der Waals surface area contributed by atoms with Gasteiger partial charge in [-0.05, 0) is 12.8 Å². The second-order valence-corrected chi connectivity index (χ2v) is 2.53. The van der Waals surface area contributed by atoms with E-state index in [1.807, 2.05) is 0 Å². The number of ether oxygens (including phenoxy) is 1. The van der Waals surface area contributed by atoms with Crippen LogP contribution < -0.4 is 11.3 Å². The lowest BCUT2D eigenvalue weighted by molar-refractivity contribution is 0.162. The van der Waals surface area contributed by atoms with Crippen LogP contribution in [0.5, 0.6) is 0 Å². The van der Waals surface area contributed by atoms with Gasteiger partial charge < -0.3 is 4.74 Å². The Morgan fingerprint density at radius 2 is 2.40 bits per heavy atom. The highest BCUT2D eigenvalue weighted by atomic mass is 35.5. The van der Waals surface area contributed by atoms with Gasteiger partial charge in [-0.1, -0.05) is 0 Å². The predicted octanol–water partition coefficient (Wildman–Crippen LogP) is 0.484. The monoisotopic (exact) mass is 166 g/mol. The highest BCUT2D eigenvalue weighted by Gasteiger charge is 2.03. The van der Waals surface area contributed by atoms with Crippen LogP contribution >= 0.6 is 11.6 Å². The Balaban J connectivity index is 3.21. The van der Waals surface area contributed by atoms with Gasteiger partial charge in [0.15, 0.2) is 0 Å². The maximum absolute atomic E-state index is 5.49. The summed E-state index contributed by atoms with van der Waals surface area (Å²) in [6.45, 7) is 0.646. The molecule has 0 heterocycles. The number of rotatable bonds is 6. The lowest BCUT2D eigenvalue weighted by Crippen LogP contribution is -2.38. The standard InChI is InChI=1S/C6H15ClN2O/c1-10-5-6(9-8)3-2-4-7/h6,9H,2-5,8H2,1H3. The molecular formula is C6H15ClN2O. The molecule has 0 aliphatic heterocycles. The summed E-state index contributed by atoms with van der Waals surface area (Å²) in [5.74, 6) is 5.91. The number of methoxy groups -OCH3 is 1. The third-order valence-electron chi connectivity index (χ3n) is 1.29. The third-order valence-corrected chi connectivity index (χ3v) is 1.56. The van der Waals surface area contributed by atoms with E-state index >= 15 is 0 Å². The van der Waals surface area contributed by atoms with Gasteiger partial charge in [-0.15, -0.1) is 11.6 Å². The van der Waals surface area contributed by atoms with Crippen molar-refractivity contribution in [1.82, 2.24) is 5.43 Å². The Kier molecular flexibility index (Phi) is 7.40. The average molecular weight is 167 g/mol. The van der Waals surface area contributed by atoms with Gasteiger partial charge in [0.1, 0.15) is 0 Å². The van der Waals surface area contributed by atoms with Crippen LogP contribution in [0.2, 0.25) is 0 Å². The molecule has 0 aromatic heterocycles. The van der Waals surface area contributed by atoms with Crippen LogP contribution in [0.3, 0.4) is 0 Å². The lowest BCUT2D eigenvalue weighted by Gasteiger charge is -2.12. The van der Waals surface area contributed by atoms with Crippen molar-refractivity contribution in [1.29, 1.82) is 0 Å². The molecule has 62 valence electrons. The van der Waals surface area contributed by atoms with Crippen molar-refractivity contribution in [2.24, 2.45) is 5.84 Å². The van der Waals surface area contributed by atoms with Crippen LogP contribution in [0.1, 0.15) is 12.8 Å². The molecule has 0 saturated carbocycles. The zero-order valence-corrected chi connectivity index (χ0v) is 7.03. The average Bonchev–Trinajstić information content (AvgIpc) is 1.98. The van der Waals surface area contributed by atoms with Crippen molar-refractivity contribution in [2.45, 2.75) is 18.9 Å². The van der Waals surface area contributed by atoms with E-state index in [0.717, 1.165) is 12.8 Å². The molecule has 0 rings (SSSR count). The van der Waals surface area contributed by atoms with Crippen LogP contribution in [0.15, 0.2) is 0 Å². The Hall–Kier alpha value is 0.170. The molecule has 10 heavy (non-hydrogen) atoms. The molecule has 0 saturated heterocycles. The number of nitrogens with one attached hydrogen (secondary N) is 1. The Morgan fingerprint density at radius 3 is 2.80 bits per heavy atom. The summed E-state index contributed by atoms with van der Waals surface area (Å²) in [5, 5.41) is 0. The normalized spacial score (nSPS) is 13.5. The number of alkyl halides is 1. The second-order valence-electron chi connectivity index (χ2n) is 2.15. The van der Waals surface area contributed by atoms with Gasteiger partial charge in [0.2, 0.25) is 0 Å². The lowest BCUT2D eigenvalue weighted by atomic mass is 10.2. The first-order valence-corrected chi connectivity index (χ1v) is 3.89. The fourth-order valence-corrected chi connectivity index (χ4v) is 0.894. The van der Waals surface area contributed by atoms with E-state index in [1.165, 1.54) is 0 Å². The number of nitrogens with two attached hydrogens (primary N) is 1. The molecule has 3 nitrogen and oxygen atoms in total. The summed E-state index contributed by atoms with van der Waals surface area (Å²) in [4.78, 5) is 0. The highest BCUT2D eigenvalue weighted by molar-refractivity contribution is 6.17. The van der Waals surface area contributed by atoms with Crippen molar-refractivity contribution < 1.29 is 4.74 Å². The molecule has 3 N–H and O–H groups in total. The van der Waals surface area contributed by atoms with Crippen molar-refractivity contribution in [3.8, 4) is 0 Å². The molecule has 0 fully saturated rings. The Labute approximate surface area is 66.8 Å². The van der Waals surface area contributed by atoms with E-state index in [1.54, 1.807) is 7.11 Å². The fourth-order valence-electron chi connectivity index (χ4n) is 0.740. The molecule has 0 spiro atoms. The summed E-state index contributed by atoms with van der Waals surface area (Å²) in [5.41, 5.74) is 2.65. The molecule has 0 aliphatic rings. The first-order valence-electron chi connectivity index (χ1n) is 3.36. The van der Waals surface area contributed by atoms with Crippen molar-refractivity contribution in [3.63, 3.8) is 0 Å². The predicted molar refractivity (Wildman–Crippen MR) is 42.9 cm³/mol. The molecule has 1 atom stereocenters. The fraction of sp³-hybridized carbons (Fsp3) is 1.00. The van der Waals surface area contributed by atoms with Gasteiger partial charge in [-0.25, -0.2) is 0 Å². The van der Waals surface area contributed by atoms with Gasteiger partial charge in [-0.3, -0.25) is 11.3 Å². The van der Waals surface area contributed by atoms with Crippen molar-refractivity contribution >= 4 is 11.6 Å². The molecule has 4 heteroatoms. The van der Waals surface area contributed by atoms with Crippen LogP contribution in [-0.4, -0.2) is 25.6 Å². The van der Waals surface area contributed by atoms with Gasteiger partial charge in [0, 0.05) is 19.0 Å². The number of hydrogen-bond donors (Lipinski definition) is 2. The summed E-state index contributed by atoms with van der Waals surface area (Å²) >= 11 is 5.49. The number of hydrazine groups is 1. The topological polar surface area (TPSA) is 47.3 Å². The molecule has 0 aromatic carbocycles. The van der Waals surface area contributed by atoms with E-state index in [9.17, 15) is 0 Å². The van der Waals surface area contributed by atoms with E-state index in [2.05, 4.69) is 5.43 Å². The van der Waals surface area contributed by atoms with E-state index in [-0.39, 0.29) is 6.04 Å². The minimum absolute atomic E-state index is 0.240. The highest BCUT2D eigenvalue weighted by Crippen LogP contribution is 1.97. The Bertz CT molecular complexity index is 72.8. The van der Waals surface area contributed by atoms with Crippen LogP contribution in [0.4, 0.5) is 0 Å². The van der Waals surface area contributed by atoms with Crippen LogP contribution in [-0.2, 0) is 4.74 Å². The third kappa shape index (κ3) is 4.99.